The quantitative estimate of drug-likeness (QED) is 0.624. The van der Waals surface area contributed by atoms with Crippen molar-refractivity contribution < 1.29 is 5.11 Å². The lowest BCUT2D eigenvalue weighted by Crippen LogP contribution is -1.84. The molecule has 1 aromatic carbocycles. The molecule has 0 aliphatic carbocycles. The minimum Gasteiger partial charge on any atom is -0.506 e. The topological polar surface area (TPSA) is 63.5 Å². The van der Waals surface area contributed by atoms with Crippen LogP contribution in [0.25, 0.3) is 16.9 Å². The number of rotatable bonds is 1. The summed E-state index contributed by atoms with van der Waals surface area (Å²) in [5.41, 5.74) is 9.04. The molecule has 17 heavy (non-hydrogen) atoms. The molecule has 84 valence electrons. The van der Waals surface area contributed by atoms with Crippen LogP contribution in [-0.2, 0) is 0 Å². The van der Waals surface area contributed by atoms with Gasteiger partial charge in [-0.2, -0.15) is 0 Å². The summed E-state index contributed by atoms with van der Waals surface area (Å²) < 4.78 is 1.79. The van der Waals surface area contributed by atoms with E-state index in [1.807, 2.05) is 30.5 Å². The fourth-order valence-corrected chi connectivity index (χ4v) is 1.82. The number of hydrogen-bond donors (Lipinski definition) is 2. The van der Waals surface area contributed by atoms with Crippen molar-refractivity contribution in [3.05, 3.63) is 48.8 Å². The van der Waals surface area contributed by atoms with Crippen LogP contribution in [0.1, 0.15) is 0 Å². The van der Waals surface area contributed by atoms with E-state index in [1.165, 1.54) is 0 Å². The maximum atomic E-state index is 9.39. The number of aromatic nitrogens is 2. The first-order valence-corrected chi connectivity index (χ1v) is 5.26. The van der Waals surface area contributed by atoms with Crippen LogP contribution < -0.4 is 5.73 Å². The lowest BCUT2D eigenvalue weighted by Gasteiger charge is -1.96. The maximum Gasteiger partial charge on any atom is 0.137 e. The van der Waals surface area contributed by atoms with E-state index in [0.717, 1.165) is 16.9 Å². The summed E-state index contributed by atoms with van der Waals surface area (Å²) in [5, 5.41) is 9.39. The summed E-state index contributed by atoms with van der Waals surface area (Å²) >= 11 is 0. The molecule has 0 spiro atoms. The largest absolute Gasteiger partial charge is 0.506 e. The standard InChI is InChI=1S/C13H11N3O/c14-10-3-1-2-9(6-10)12-8-16-7-11(17)4-5-13(16)15-12/h1-8,17H,14H2. The van der Waals surface area contributed by atoms with E-state index in [4.69, 9.17) is 5.73 Å². The number of imidazole rings is 1. The van der Waals surface area contributed by atoms with Gasteiger partial charge in [-0.25, -0.2) is 4.98 Å². The smallest absolute Gasteiger partial charge is 0.137 e. The zero-order valence-corrected chi connectivity index (χ0v) is 9.04. The monoisotopic (exact) mass is 225 g/mol. The van der Waals surface area contributed by atoms with E-state index < -0.39 is 0 Å². The average molecular weight is 225 g/mol. The Kier molecular flexibility index (Phi) is 2.01. The molecule has 2 heterocycles. The molecule has 4 heteroatoms. The van der Waals surface area contributed by atoms with Gasteiger partial charge in [-0.3, -0.25) is 0 Å². The highest BCUT2D eigenvalue weighted by atomic mass is 16.3. The molecule has 4 nitrogen and oxygen atoms in total. The third kappa shape index (κ3) is 1.69. The fraction of sp³-hybridized carbons (Fsp3) is 0. The third-order valence-electron chi connectivity index (χ3n) is 2.62. The van der Waals surface area contributed by atoms with Gasteiger partial charge in [0.1, 0.15) is 11.4 Å². The van der Waals surface area contributed by atoms with Gasteiger partial charge in [0.15, 0.2) is 0 Å². The van der Waals surface area contributed by atoms with Gasteiger partial charge in [-0.1, -0.05) is 12.1 Å². The minimum atomic E-state index is 0.217. The van der Waals surface area contributed by atoms with Gasteiger partial charge in [0.05, 0.1) is 11.9 Å². The second-order valence-corrected chi connectivity index (χ2v) is 3.90. The number of nitrogens with two attached hydrogens (primary N) is 1. The molecule has 0 aliphatic heterocycles. The van der Waals surface area contributed by atoms with E-state index in [9.17, 15) is 5.11 Å². The number of pyridine rings is 1. The van der Waals surface area contributed by atoms with E-state index in [0.29, 0.717) is 5.69 Å². The van der Waals surface area contributed by atoms with Crippen molar-refractivity contribution in [2.45, 2.75) is 0 Å². The first-order chi connectivity index (χ1) is 8.22. The summed E-state index contributed by atoms with van der Waals surface area (Å²) in [6.45, 7) is 0. The van der Waals surface area contributed by atoms with Crippen molar-refractivity contribution >= 4 is 11.3 Å². The van der Waals surface area contributed by atoms with Gasteiger partial charge in [0.2, 0.25) is 0 Å². The SMILES string of the molecule is Nc1cccc(-c2cn3cc(O)ccc3n2)c1. The van der Waals surface area contributed by atoms with Crippen molar-refractivity contribution in [2.75, 3.05) is 5.73 Å². The zero-order chi connectivity index (χ0) is 11.8. The predicted octanol–water partition coefficient (Wildman–Crippen LogP) is 2.29. The number of anilines is 1. The molecule has 0 fully saturated rings. The molecule has 3 aromatic rings. The van der Waals surface area contributed by atoms with Crippen molar-refractivity contribution in [2.24, 2.45) is 0 Å². The molecule has 0 saturated heterocycles. The molecule has 0 unspecified atom stereocenters. The summed E-state index contributed by atoms with van der Waals surface area (Å²) in [4.78, 5) is 4.46. The molecule has 3 N–H and O–H groups in total. The van der Waals surface area contributed by atoms with Crippen LogP contribution >= 0.6 is 0 Å². The van der Waals surface area contributed by atoms with E-state index in [2.05, 4.69) is 4.98 Å². The van der Waals surface area contributed by atoms with Crippen molar-refractivity contribution in [1.82, 2.24) is 9.38 Å². The van der Waals surface area contributed by atoms with Crippen LogP contribution in [0.4, 0.5) is 5.69 Å². The summed E-state index contributed by atoms with van der Waals surface area (Å²) in [5.74, 6) is 0.217. The zero-order valence-electron chi connectivity index (χ0n) is 9.04. The van der Waals surface area contributed by atoms with Crippen LogP contribution in [0.3, 0.4) is 0 Å². The van der Waals surface area contributed by atoms with Gasteiger partial charge in [-0.15, -0.1) is 0 Å². The van der Waals surface area contributed by atoms with Crippen LogP contribution in [0, 0.1) is 0 Å². The Balaban J connectivity index is 2.18. The van der Waals surface area contributed by atoms with Crippen LogP contribution in [0.2, 0.25) is 0 Å². The first-order valence-electron chi connectivity index (χ1n) is 5.26. The van der Waals surface area contributed by atoms with Crippen molar-refractivity contribution in [3.8, 4) is 17.0 Å². The Morgan fingerprint density at radius 2 is 2.00 bits per heavy atom. The van der Waals surface area contributed by atoms with Gasteiger partial charge in [0.25, 0.3) is 0 Å². The number of nitrogen functional groups attached to an aromatic ring is 1. The highest BCUT2D eigenvalue weighted by Gasteiger charge is 2.04. The van der Waals surface area contributed by atoms with E-state index >= 15 is 0 Å². The normalized spacial score (nSPS) is 10.8. The molecule has 0 radical (unpaired) electrons. The van der Waals surface area contributed by atoms with Gasteiger partial charge in [-0.05, 0) is 24.3 Å². The Labute approximate surface area is 98.0 Å². The minimum absolute atomic E-state index is 0.217. The van der Waals surface area contributed by atoms with E-state index in [-0.39, 0.29) is 5.75 Å². The molecule has 0 atom stereocenters. The van der Waals surface area contributed by atoms with Gasteiger partial charge >= 0.3 is 0 Å². The molecular formula is C13H11N3O. The molecule has 0 saturated carbocycles. The van der Waals surface area contributed by atoms with Crippen LogP contribution in [-0.4, -0.2) is 14.5 Å². The highest BCUT2D eigenvalue weighted by Crippen LogP contribution is 2.22. The molecule has 0 aliphatic rings. The second-order valence-electron chi connectivity index (χ2n) is 3.90. The summed E-state index contributed by atoms with van der Waals surface area (Å²) in [7, 11) is 0. The average Bonchev–Trinajstić information content (AvgIpc) is 2.72. The first kappa shape index (κ1) is 9.72. The second kappa shape index (κ2) is 3.52. The Morgan fingerprint density at radius 1 is 1.12 bits per heavy atom. The molecule has 0 amide bonds. The highest BCUT2D eigenvalue weighted by molar-refractivity contribution is 5.66. The Morgan fingerprint density at radius 3 is 2.82 bits per heavy atom. The lowest BCUT2D eigenvalue weighted by atomic mass is 10.1. The predicted molar refractivity (Wildman–Crippen MR) is 66.7 cm³/mol. The van der Waals surface area contributed by atoms with E-state index in [1.54, 1.807) is 22.7 Å². The van der Waals surface area contributed by atoms with Gasteiger partial charge < -0.3 is 15.2 Å². The number of fused-ring (bicyclic) bond motifs is 1. The number of aromatic hydroxyl groups is 1. The fourth-order valence-electron chi connectivity index (χ4n) is 1.82. The van der Waals surface area contributed by atoms with Crippen LogP contribution in [0.5, 0.6) is 5.75 Å². The Hall–Kier alpha value is -2.49. The number of benzene rings is 1. The van der Waals surface area contributed by atoms with Crippen molar-refractivity contribution in [3.63, 3.8) is 0 Å². The van der Waals surface area contributed by atoms with Crippen molar-refractivity contribution in [1.29, 1.82) is 0 Å². The Bertz CT molecular complexity index is 688. The summed E-state index contributed by atoms with van der Waals surface area (Å²) in [6.07, 6.45) is 3.49. The molecular weight excluding hydrogens is 214 g/mol. The number of hydrogen-bond acceptors (Lipinski definition) is 3. The molecule has 0 bridgehead atoms. The third-order valence-corrected chi connectivity index (χ3v) is 2.62. The van der Waals surface area contributed by atoms with Crippen LogP contribution in [0.15, 0.2) is 48.8 Å². The lowest BCUT2D eigenvalue weighted by molar-refractivity contribution is 0.472. The molecule has 2 aromatic heterocycles. The van der Waals surface area contributed by atoms with Gasteiger partial charge in [0, 0.05) is 17.4 Å². The maximum absolute atomic E-state index is 9.39. The number of nitrogens with zero attached hydrogens (tertiary/aromatic N) is 2. The summed E-state index contributed by atoms with van der Waals surface area (Å²) in [6, 6.07) is 11.0. The molecule has 3 rings (SSSR count).